The standard InChI is InChI=1S/C14H29N/c1-4-8-12(2)14-10-7-5-6-9-13(14)11-15-3/h12-15H,4-11H2,1-3H3. The second-order valence-electron chi connectivity index (χ2n) is 5.39. The molecule has 0 aliphatic heterocycles. The fourth-order valence-corrected chi connectivity index (χ4v) is 3.35. The first kappa shape index (κ1) is 13.0. The molecule has 1 rings (SSSR count). The molecule has 0 saturated heterocycles. The zero-order chi connectivity index (χ0) is 11.1. The van der Waals surface area contributed by atoms with Gasteiger partial charge in [-0.1, -0.05) is 46.0 Å². The van der Waals surface area contributed by atoms with Crippen molar-refractivity contribution in [3.63, 3.8) is 0 Å². The molecule has 15 heavy (non-hydrogen) atoms. The zero-order valence-corrected chi connectivity index (χ0v) is 10.9. The molecule has 1 aliphatic rings. The van der Waals surface area contributed by atoms with Gasteiger partial charge < -0.3 is 5.32 Å². The van der Waals surface area contributed by atoms with Crippen molar-refractivity contribution in [2.75, 3.05) is 13.6 Å². The number of rotatable bonds is 5. The number of hydrogen-bond acceptors (Lipinski definition) is 1. The van der Waals surface area contributed by atoms with Crippen LogP contribution in [0.3, 0.4) is 0 Å². The molecule has 0 amide bonds. The van der Waals surface area contributed by atoms with Crippen LogP contribution in [-0.4, -0.2) is 13.6 Å². The van der Waals surface area contributed by atoms with E-state index in [1.165, 1.54) is 51.5 Å². The van der Waals surface area contributed by atoms with E-state index in [0.717, 1.165) is 17.8 Å². The normalized spacial score (nSPS) is 29.8. The van der Waals surface area contributed by atoms with Crippen LogP contribution in [0.5, 0.6) is 0 Å². The molecule has 0 aromatic carbocycles. The largest absolute Gasteiger partial charge is 0.319 e. The van der Waals surface area contributed by atoms with Crippen molar-refractivity contribution < 1.29 is 0 Å². The monoisotopic (exact) mass is 211 g/mol. The fourth-order valence-electron chi connectivity index (χ4n) is 3.35. The van der Waals surface area contributed by atoms with Gasteiger partial charge in [0.25, 0.3) is 0 Å². The minimum atomic E-state index is 0.937. The van der Waals surface area contributed by atoms with Crippen LogP contribution >= 0.6 is 0 Å². The minimum Gasteiger partial charge on any atom is -0.319 e. The van der Waals surface area contributed by atoms with Gasteiger partial charge in [-0.3, -0.25) is 0 Å². The average Bonchev–Trinajstić information content (AvgIpc) is 2.44. The van der Waals surface area contributed by atoms with Gasteiger partial charge in [0.15, 0.2) is 0 Å². The maximum atomic E-state index is 3.39. The topological polar surface area (TPSA) is 12.0 Å². The van der Waals surface area contributed by atoms with Crippen LogP contribution in [0, 0.1) is 17.8 Å². The molecule has 3 unspecified atom stereocenters. The van der Waals surface area contributed by atoms with E-state index in [2.05, 4.69) is 26.2 Å². The van der Waals surface area contributed by atoms with E-state index in [4.69, 9.17) is 0 Å². The maximum Gasteiger partial charge on any atom is -0.00208 e. The molecule has 1 saturated carbocycles. The lowest BCUT2D eigenvalue weighted by atomic mass is 9.77. The van der Waals surface area contributed by atoms with Crippen molar-refractivity contribution in [1.82, 2.24) is 5.32 Å². The third-order valence-corrected chi connectivity index (χ3v) is 4.16. The molecular formula is C14H29N. The summed E-state index contributed by atoms with van der Waals surface area (Å²) >= 11 is 0. The molecule has 3 atom stereocenters. The summed E-state index contributed by atoms with van der Waals surface area (Å²) in [5, 5.41) is 3.39. The van der Waals surface area contributed by atoms with E-state index in [1.807, 2.05) is 0 Å². The Bertz CT molecular complexity index is 155. The van der Waals surface area contributed by atoms with E-state index in [9.17, 15) is 0 Å². The highest BCUT2D eigenvalue weighted by molar-refractivity contribution is 4.79. The minimum absolute atomic E-state index is 0.937. The molecule has 0 aromatic rings. The van der Waals surface area contributed by atoms with E-state index in [-0.39, 0.29) is 0 Å². The molecule has 0 spiro atoms. The Labute approximate surface area is 96.0 Å². The van der Waals surface area contributed by atoms with Gasteiger partial charge in [0.1, 0.15) is 0 Å². The third kappa shape index (κ3) is 4.14. The Hall–Kier alpha value is -0.0400. The molecule has 1 nitrogen and oxygen atoms in total. The van der Waals surface area contributed by atoms with E-state index in [1.54, 1.807) is 0 Å². The first-order valence-corrected chi connectivity index (χ1v) is 6.94. The average molecular weight is 211 g/mol. The smallest absolute Gasteiger partial charge is 0.00208 e. The Kier molecular flexibility index (Phi) is 6.31. The van der Waals surface area contributed by atoms with Crippen LogP contribution in [0.1, 0.15) is 58.8 Å². The second-order valence-corrected chi connectivity index (χ2v) is 5.39. The van der Waals surface area contributed by atoms with Crippen LogP contribution in [-0.2, 0) is 0 Å². The molecule has 0 bridgehead atoms. The number of nitrogens with one attached hydrogen (secondary N) is 1. The first-order chi connectivity index (χ1) is 7.29. The van der Waals surface area contributed by atoms with Gasteiger partial charge in [0.05, 0.1) is 0 Å². The summed E-state index contributed by atoms with van der Waals surface area (Å²) in [6, 6.07) is 0. The third-order valence-electron chi connectivity index (χ3n) is 4.16. The molecule has 0 radical (unpaired) electrons. The molecule has 1 fully saturated rings. The van der Waals surface area contributed by atoms with Gasteiger partial charge in [-0.2, -0.15) is 0 Å². The maximum absolute atomic E-state index is 3.39. The van der Waals surface area contributed by atoms with Gasteiger partial charge in [0, 0.05) is 0 Å². The molecule has 1 aliphatic carbocycles. The Morgan fingerprint density at radius 2 is 1.93 bits per heavy atom. The van der Waals surface area contributed by atoms with Crippen molar-refractivity contribution in [3.05, 3.63) is 0 Å². The van der Waals surface area contributed by atoms with Gasteiger partial charge >= 0.3 is 0 Å². The van der Waals surface area contributed by atoms with Crippen molar-refractivity contribution >= 4 is 0 Å². The summed E-state index contributed by atoms with van der Waals surface area (Å²) in [5.74, 6) is 2.87. The van der Waals surface area contributed by atoms with Gasteiger partial charge in [0.2, 0.25) is 0 Å². The first-order valence-electron chi connectivity index (χ1n) is 6.94. The lowest BCUT2D eigenvalue weighted by Gasteiger charge is -2.30. The predicted octanol–water partition coefficient (Wildman–Crippen LogP) is 3.84. The van der Waals surface area contributed by atoms with Crippen LogP contribution in [0.2, 0.25) is 0 Å². The molecule has 1 heteroatoms. The summed E-state index contributed by atoms with van der Waals surface area (Å²) < 4.78 is 0. The van der Waals surface area contributed by atoms with Crippen molar-refractivity contribution in [2.24, 2.45) is 17.8 Å². The Morgan fingerprint density at radius 3 is 2.60 bits per heavy atom. The highest BCUT2D eigenvalue weighted by Crippen LogP contribution is 2.35. The summed E-state index contributed by atoms with van der Waals surface area (Å²) in [5.41, 5.74) is 0. The van der Waals surface area contributed by atoms with E-state index >= 15 is 0 Å². The lowest BCUT2D eigenvalue weighted by molar-refractivity contribution is 0.211. The number of hydrogen-bond donors (Lipinski definition) is 1. The summed E-state index contributed by atoms with van der Waals surface area (Å²) in [4.78, 5) is 0. The summed E-state index contributed by atoms with van der Waals surface area (Å²) in [6.07, 6.45) is 10.1. The van der Waals surface area contributed by atoms with Gasteiger partial charge in [-0.25, -0.2) is 0 Å². The van der Waals surface area contributed by atoms with Crippen LogP contribution in [0.25, 0.3) is 0 Å². The lowest BCUT2D eigenvalue weighted by Crippen LogP contribution is -2.29. The van der Waals surface area contributed by atoms with Crippen molar-refractivity contribution in [3.8, 4) is 0 Å². The van der Waals surface area contributed by atoms with Crippen molar-refractivity contribution in [2.45, 2.75) is 58.8 Å². The molecule has 1 N–H and O–H groups in total. The fraction of sp³-hybridized carbons (Fsp3) is 1.00. The quantitative estimate of drug-likeness (QED) is 0.681. The molecule has 0 aromatic heterocycles. The van der Waals surface area contributed by atoms with Crippen molar-refractivity contribution in [1.29, 1.82) is 0 Å². The predicted molar refractivity (Wildman–Crippen MR) is 68.1 cm³/mol. The van der Waals surface area contributed by atoms with Gasteiger partial charge in [-0.05, 0) is 44.2 Å². The highest BCUT2D eigenvalue weighted by atomic mass is 14.8. The van der Waals surface area contributed by atoms with Crippen LogP contribution in [0.15, 0.2) is 0 Å². The Morgan fingerprint density at radius 1 is 1.20 bits per heavy atom. The zero-order valence-electron chi connectivity index (χ0n) is 10.9. The molecular weight excluding hydrogens is 182 g/mol. The summed E-state index contributed by atoms with van der Waals surface area (Å²) in [6.45, 7) is 6.03. The van der Waals surface area contributed by atoms with Gasteiger partial charge in [-0.15, -0.1) is 0 Å². The Balaban J connectivity index is 2.52. The second kappa shape index (κ2) is 7.27. The van der Waals surface area contributed by atoms with Crippen LogP contribution < -0.4 is 5.32 Å². The van der Waals surface area contributed by atoms with E-state index in [0.29, 0.717) is 0 Å². The highest BCUT2D eigenvalue weighted by Gasteiger charge is 2.26. The SMILES string of the molecule is CCCC(C)C1CCCCCC1CNC. The molecule has 90 valence electrons. The van der Waals surface area contributed by atoms with Crippen LogP contribution in [0.4, 0.5) is 0 Å². The summed E-state index contributed by atoms with van der Waals surface area (Å²) in [7, 11) is 2.10. The molecule has 0 heterocycles. The van der Waals surface area contributed by atoms with E-state index < -0.39 is 0 Å².